The van der Waals surface area contributed by atoms with E-state index in [0.29, 0.717) is 0 Å². The molecule has 17 heavy (non-hydrogen) atoms. The third kappa shape index (κ3) is 2.36. The summed E-state index contributed by atoms with van der Waals surface area (Å²) in [6.07, 6.45) is 0.795. The lowest BCUT2D eigenvalue weighted by Gasteiger charge is -2.21. The largest absolute Gasteiger partial charge is 0.481 e. The molecule has 2 rings (SSSR count). The maximum absolute atomic E-state index is 10.9. The third-order valence-corrected chi connectivity index (χ3v) is 3.65. The second-order valence-corrected chi connectivity index (χ2v) is 6.11. The highest BCUT2D eigenvalue weighted by Gasteiger charge is 2.44. The minimum Gasteiger partial charge on any atom is -0.481 e. The Labute approximate surface area is 103 Å². The summed E-state index contributed by atoms with van der Waals surface area (Å²) in [7, 11) is 0. The smallest absolute Gasteiger partial charge is 0.307 e. The maximum atomic E-state index is 10.9. The van der Waals surface area contributed by atoms with Gasteiger partial charge in [0.25, 0.3) is 0 Å². The lowest BCUT2D eigenvalue weighted by atomic mass is 9.84. The molecule has 1 aromatic carbocycles. The van der Waals surface area contributed by atoms with Gasteiger partial charge >= 0.3 is 5.97 Å². The molecule has 0 heterocycles. The van der Waals surface area contributed by atoms with Crippen molar-refractivity contribution in [2.75, 3.05) is 0 Å². The topological polar surface area (TPSA) is 37.3 Å². The monoisotopic (exact) mass is 232 g/mol. The van der Waals surface area contributed by atoms with Gasteiger partial charge in [-0.25, -0.2) is 0 Å². The Kier molecular flexibility index (Phi) is 2.76. The van der Waals surface area contributed by atoms with Crippen molar-refractivity contribution in [1.82, 2.24) is 0 Å². The number of aryl methyl sites for hydroxylation is 1. The standard InChI is InChI=1S/C15H20O2/c1-9-5-6-10(15(2,3)4)7-11(9)12-8-13(12)14(16)17/h5-7,12-13H,8H2,1-4H3,(H,16,17). The third-order valence-electron chi connectivity index (χ3n) is 3.65. The van der Waals surface area contributed by atoms with Crippen LogP contribution in [0.15, 0.2) is 18.2 Å². The number of aliphatic carboxylic acids is 1. The van der Waals surface area contributed by atoms with Crippen LogP contribution in [0, 0.1) is 12.8 Å². The summed E-state index contributed by atoms with van der Waals surface area (Å²) in [5.74, 6) is -0.589. The number of hydrogen-bond acceptors (Lipinski definition) is 1. The number of carboxylic acids is 1. The van der Waals surface area contributed by atoms with Crippen LogP contribution in [0.3, 0.4) is 0 Å². The highest BCUT2D eigenvalue weighted by Crippen LogP contribution is 2.49. The van der Waals surface area contributed by atoms with Gasteiger partial charge in [-0.05, 0) is 41.4 Å². The van der Waals surface area contributed by atoms with Gasteiger partial charge in [-0.15, -0.1) is 0 Å². The maximum Gasteiger partial charge on any atom is 0.307 e. The van der Waals surface area contributed by atoms with Gasteiger partial charge in [-0.1, -0.05) is 39.0 Å². The summed E-state index contributed by atoms with van der Waals surface area (Å²) < 4.78 is 0. The molecular weight excluding hydrogens is 212 g/mol. The van der Waals surface area contributed by atoms with Gasteiger partial charge in [0.15, 0.2) is 0 Å². The molecule has 1 N–H and O–H groups in total. The van der Waals surface area contributed by atoms with Crippen molar-refractivity contribution in [1.29, 1.82) is 0 Å². The van der Waals surface area contributed by atoms with Crippen LogP contribution in [-0.4, -0.2) is 11.1 Å². The van der Waals surface area contributed by atoms with Crippen LogP contribution in [0.5, 0.6) is 0 Å². The van der Waals surface area contributed by atoms with Crippen LogP contribution >= 0.6 is 0 Å². The highest BCUT2D eigenvalue weighted by atomic mass is 16.4. The van der Waals surface area contributed by atoms with Crippen LogP contribution in [0.1, 0.15) is 49.8 Å². The summed E-state index contributed by atoms with van der Waals surface area (Å²) in [6, 6.07) is 6.47. The van der Waals surface area contributed by atoms with Crippen LogP contribution in [0.4, 0.5) is 0 Å². The van der Waals surface area contributed by atoms with Gasteiger partial charge in [-0.3, -0.25) is 4.79 Å². The molecule has 1 saturated carbocycles. The molecule has 1 aliphatic carbocycles. The molecule has 2 heteroatoms. The van der Waals surface area contributed by atoms with Gasteiger partial charge in [0.2, 0.25) is 0 Å². The van der Waals surface area contributed by atoms with Gasteiger partial charge in [-0.2, -0.15) is 0 Å². The first-order chi connectivity index (χ1) is 7.80. The van der Waals surface area contributed by atoms with Crippen molar-refractivity contribution in [3.63, 3.8) is 0 Å². The van der Waals surface area contributed by atoms with E-state index < -0.39 is 5.97 Å². The minimum absolute atomic E-state index is 0.121. The molecule has 1 aliphatic rings. The fraction of sp³-hybridized carbons (Fsp3) is 0.533. The van der Waals surface area contributed by atoms with Crippen molar-refractivity contribution in [2.45, 2.75) is 45.4 Å². The molecule has 2 unspecified atom stereocenters. The summed E-state index contributed by atoms with van der Waals surface area (Å²) in [5, 5.41) is 9.01. The summed E-state index contributed by atoms with van der Waals surface area (Å²) in [4.78, 5) is 10.9. The summed E-state index contributed by atoms with van der Waals surface area (Å²) >= 11 is 0. The molecule has 0 aromatic heterocycles. The first-order valence-corrected chi connectivity index (χ1v) is 6.14. The molecule has 2 atom stereocenters. The predicted molar refractivity (Wildman–Crippen MR) is 68.4 cm³/mol. The van der Waals surface area contributed by atoms with Crippen molar-refractivity contribution in [3.8, 4) is 0 Å². The van der Waals surface area contributed by atoms with Crippen LogP contribution in [0.2, 0.25) is 0 Å². The Morgan fingerprint density at radius 3 is 2.47 bits per heavy atom. The number of carbonyl (C=O) groups is 1. The molecule has 0 spiro atoms. The van der Waals surface area contributed by atoms with Crippen LogP contribution in [-0.2, 0) is 10.2 Å². The van der Waals surface area contributed by atoms with Gasteiger partial charge in [0.05, 0.1) is 5.92 Å². The van der Waals surface area contributed by atoms with E-state index >= 15 is 0 Å². The predicted octanol–water partition coefficient (Wildman–Crippen LogP) is 3.48. The van der Waals surface area contributed by atoms with Crippen LogP contribution in [0.25, 0.3) is 0 Å². The zero-order chi connectivity index (χ0) is 12.8. The number of hydrogen-bond donors (Lipinski definition) is 1. The van der Waals surface area contributed by atoms with Crippen LogP contribution < -0.4 is 0 Å². The van der Waals surface area contributed by atoms with E-state index in [1.165, 1.54) is 16.7 Å². The van der Waals surface area contributed by atoms with E-state index in [0.717, 1.165) is 6.42 Å². The second-order valence-electron chi connectivity index (χ2n) is 6.11. The average molecular weight is 232 g/mol. The van der Waals surface area contributed by atoms with E-state index in [1.807, 2.05) is 0 Å². The zero-order valence-corrected chi connectivity index (χ0v) is 10.9. The van der Waals surface area contributed by atoms with E-state index in [-0.39, 0.29) is 17.3 Å². The molecule has 0 aliphatic heterocycles. The van der Waals surface area contributed by atoms with Gasteiger partial charge in [0, 0.05) is 0 Å². The fourth-order valence-electron chi connectivity index (χ4n) is 2.32. The average Bonchev–Trinajstić information content (AvgIpc) is 2.96. The minimum atomic E-state index is -0.657. The Hall–Kier alpha value is -1.31. The van der Waals surface area contributed by atoms with Crippen molar-refractivity contribution in [2.24, 2.45) is 5.92 Å². The van der Waals surface area contributed by atoms with E-state index in [1.54, 1.807) is 0 Å². The lowest BCUT2D eigenvalue weighted by Crippen LogP contribution is -2.12. The van der Waals surface area contributed by atoms with Crippen molar-refractivity contribution >= 4 is 5.97 Å². The second kappa shape index (κ2) is 3.86. The molecule has 0 bridgehead atoms. The summed E-state index contributed by atoms with van der Waals surface area (Å²) in [6.45, 7) is 8.62. The molecule has 2 nitrogen and oxygen atoms in total. The Balaban J connectivity index is 2.32. The van der Waals surface area contributed by atoms with E-state index in [9.17, 15) is 4.79 Å². The molecule has 0 saturated heterocycles. The fourth-order valence-corrected chi connectivity index (χ4v) is 2.32. The molecule has 92 valence electrons. The van der Waals surface area contributed by atoms with E-state index in [2.05, 4.69) is 45.9 Å². The molecular formula is C15H20O2. The zero-order valence-electron chi connectivity index (χ0n) is 10.9. The summed E-state index contributed by atoms with van der Waals surface area (Å²) in [5.41, 5.74) is 3.85. The first kappa shape index (κ1) is 12.2. The molecule has 1 aromatic rings. The quantitative estimate of drug-likeness (QED) is 0.847. The normalized spacial score (nSPS) is 23.5. The number of carboxylic acid groups (broad SMARTS) is 1. The lowest BCUT2D eigenvalue weighted by molar-refractivity contribution is -0.138. The SMILES string of the molecule is Cc1ccc(C(C)(C)C)cc1C1CC1C(=O)O. The van der Waals surface area contributed by atoms with Crippen molar-refractivity contribution in [3.05, 3.63) is 34.9 Å². The Bertz CT molecular complexity index is 454. The number of benzene rings is 1. The van der Waals surface area contributed by atoms with Crippen molar-refractivity contribution < 1.29 is 9.90 Å². The highest BCUT2D eigenvalue weighted by molar-refractivity contribution is 5.75. The first-order valence-electron chi connectivity index (χ1n) is 6.14. The Morgan fingerprint density at radius 1 is 1.35 bits per heavy atom. The Morgan fingerprint density at radius 2 is 2.00 bits per heavy atom. The molecule has 0 amide bonds. The molecule has 1 fully saturated rings. The van der Waals surface area contributed by atoms with Gasteiger partial charge < -0.3 is 5.11 Å². The van der Waals surface area contributed by atoms with Gasteiger partial charge in [0.1, 0.15) is 0 Å². The van der Waals surface area contributed by atoms with E-state index in [4.69, 9.17) is 5.11 Å². The number of rotatable bonds is 2. The molecule has 0 radical (unpaired) electrons.